The van der Waals surface area contributed by atoms with Gasteiger partial charge >= 0.3 is 0 Å². The van der Waals surface area contributed by atoms with Crippen LogP contribution >= 0.6 is 0 Å². The van der Waals surface area contributed by atoms with Crippen LogP contribution in [0.25, 0.3) is 0 Å². The van der Waals surface area contributed by atoms with Crippen molar-refractivity contribution in [2.75, 3.05) is 13.1 Å². The first-order chi connectivity index (χ1) is 6.41. The molecule has 0 saturated carbocycles. The molecule has 0 bridgehead atoms. The quantitative estimate of drug-likeness (QED) is 0.651. The van der Waals surface area contributed by atoms with Gasteiger partial charge in [0.15, 0.2) is 0 Å². The van der Waals surface area contributed by atoms with Crippen molar-refractivity contribution in [3.8, 4) is 0 Å². The minimum Gasteiger partial charge on any atom is -0.392 e. The van der Waals surface area contributed by atoms with Crippen LogP contribution in [-0.4, -0.2) is 34.7 Å². The minimum atomic E-state index is -0.127. The van der Waals surface area contributed by atoms with E-state index in [0.717, 1.165) is 19.5 Å². The molecule has 1 heterocycles. The zero-order chi connectivity index (χ0) is 11.4. The molecular weight excluding hydrogens is 174 g/mol. The monoisotopic (exact) mass is 201 g/mol. The maximum Gasteiger partial charge on any atom is 0.0693 e. The van der Waals surface area contributed by atoms with E-state index < -0.39 is 0 Å². The summed E-state index contributed by atoms with van der Waals surface area (Å²) in [5.41, 5.74) is 0.209. The summed E-state index contributed by atoms with van der Waals surface area (Å²) in [4.78, 5) is 2.36. The third-order valence-electron chi connectivity index (χ3n) is 2.87. The Bertz CT molecular complexity index is 151. The van der Waals surface area contributed by atoms with Crippen molar-refractivity contribution in [2.24, 2.45) is 5.92 Å². The van der Waals surface area contributed by atoms with Crippen molar-refractivity contribution >= 4 is 0 Å². The summed E-state index contributed by atoms with van der Waals surface area (Å²) in [6.45, 7) is 14.7. The molecule has 1 rings (SSSR count). The van der Waals surface area contributed by atoms with E-state index in [4.69, 9.17) is 0 Å². The van der Waals surface area contributed by atoms with Crippen LogP contribution in [0.5, 0.6) is 0 Å². The van der Waals surface area contributed by atoms with Crippen molar-refractivity contribution in [2.45, 2.75) is 59.6 Å². The van der Waals surface area contributed by atoms with Crippen molar-refractivity contribution in [3.05, 3.63) is 0 Å². The second kappa shape index (κ2) is 5.72. The lowest BCUT2D eigenvalue weighted by molar-refractivity contribution is -0.00914. The van der Waals surface area contributed by atoms with Gasteiger partial charge in [0.2, 0.25) is 0 Å². The number of piperidine rings is 1. The van der Waals surface area contributed by atoms with Crippen molar-refractivity contribution in [3.63, 3.8) is 0 Å². The number of aliphatic hydroxyl groups excluding tert-OH is 1. The standard InChI is InChI=1S/C10H21NO.C2H6/c1-8-5-6-11(7-9(8)12)10(2,3)4;1-2/h8-9,12H,5-7H2,1-4H3;1-2H3/t8-,9-;/m1./s1. The minimum absolute atomic E-state index is 0.127. The molecule has 0 aromatic carbocycles. The van der Waals surface area contributed by atoms with Gasteiger partial charge in [-0.15, -0.1) is 0 Å². The molecule has 0 aromatic heterocycles. The Morgan fingerprint density at radius 2 is 1.71 bits per heavy atom. The summed E-state index contributed by atoms with van der Waals surface area (Å²) in [6.07, 6.45) is 0.997. The highest BCUT2D eigenvalue weighted by molar-refractivity contribution is 4.84. The highest BCUT2D eigenvalue weighted by Gasteiger charge is 2.30. The molecule has 0 aromatic rings. The van der Waals surface area contributed by atoms with E-state index in [1.54, 1.807) is 0 Å². The number of nitrogens with zero attached hydrogens (tertiary/aromatic N) is 1. The van der Waals surface area contributed by atoms with Gasteiger partial charge in [0.05, 0.1) is 6.10 Å². The Morgan fingerprint density at radius 1 is 1.21 bits per heavy atom. The fraction of sp³-hybridized carbons (Fsp3) is 1.00. The van der Waals surface area contributed by atoms with E-state index in [-0.39, 0.29) is 11.6 Å². The summed E-state index contributed by atoms with van der Waals surface area (Å²) in [5.74, 6) is 0.476. The first kappa shape index (κ1) is 13.9. The van der Waals surface area contributed by atoms with E-state index in [2.05, 4.69) is 32.6 Å². The zero-order valence-electron chi connectivity index (χ0n) is 10.7. The summed E-state index contributed by atoms with van der Waals surface area (Å²) in [7, 11) is 0. The lowest BCUT2D eigenvalue weighted by Crippen LogP contribution is -2.51. The molecule has 1 aliphatic heterocycles. The average Bonchev–Trinajstić information content (AvgIpc) is 2.11. The van der Waals surface area contributed by atoms with Crippen LogP contribution in [0.2, 0.25) is 0 Å². The van der Waals surface area contributed by atoms with Gasteiger partial charge in [0.1, 0.15) is 0 Å². The number of hydrogen-bond acceptors (Lipinski definition) is 2. The molecule has 1 saturated heterocycles. The third-order valence-corrected chi connectivity index (χ3v) is 2.87. The highest BCUT2D eigenvalue weighted by Crippen LogP contribution is 2.23. The Kier molecular flexibility index (Phi) is 5.68. The fourth-order valence-electron chi connectivity index (χ4n) is 1.66. The predicted molar refractivity (Wildman–Crippen MR) is 62.5 cm³/mol. The largest absolute Gasteiger partial charge is 0.392 e. The lowest BCUT2D eigenvalue weighted by atomic mass is 9.92. The van der Waals surface area contributed by atoms with Crippen LogP contribution < -0.4 is 0 Å². The summed E-state index contributed by atoms with van der Waals surface area (Å²) in [6, 6.07) is 0. The van der Waals surface area contributed by atoms with E-state index in [1.807, 2.05) is 13.8 Å². The predicted octanol–water partition coefficient (Wildman–Crippen LogP) is 2.51. The van der Waals surface area contributed by atoms with Crippen LogP contribution in [-0.2, 0) is 0 Å². The number of hydrogen-bond donors (Lipinski definition) is 1. The number of aliphatic hydroxyl groups is 1. The summed E-state index contributed by atoms with van der Waals surface area (Å²) in [5, 5.41) is 9.67. The Balaban J connectivity index is 0.000000791. The maximum absolute atomic E-state index is 9.67. The number of likely N-dealkylation sites (tertiary alicyclic amines) is 1. The van der Waals surface area contributed by atoms with E-state index in [1.165, 1.54) is 0 Å². The third kappa shape index (κ3) is 3.97. The average molecular weight is 201 g/mol. The maximum atomic E-state index is 9.67. The van der Waals surface area contributed by atoms with Crippen molar-refractivity contribution in [1.29, 1.82) is 0 Å². The molecule has 0 unspecified atom stereocenters. The van der Waals surface area contributed by atoms with Crippen LogP contribution in [0.4, 0.5) is 0 Å². The lowest BCUT2D eigenvalue weighted by Gasteiger charge is -2.42. The molecule has 1 aliphatic rings. The molecule has 0 radical (unpaired) electrons. The Labute approximate surface area is 89.3 Å². The molecule has 14 heavy (non-hydrogen) atoms. The van der Waals surface area contributed by atoms with Crippen LogP contribution in [0.1, 0.15) is 48.0 Å². The molecule has 0 amide bonds. The van der Waals surface area contributed by atoms with E-state index in [9.17, 15) is 5.11 Å². The van der Waals surface area contributed by atoms with Gasteiger partial charge in [-0.2, -0.15) is 0 Å². The van der Waals surface area contributed by atoms with E-state index in [0.29, 0.717) is 5.92 Å². The molecule has 1 fully saturated rings. The van der Waals surface area contributed by atoms with Gasteiger partial charge in [-0.25, -0.2) is 0 Å². The molecule has 1 N–H and O–H groups in total. The molecule has 0 spiro atoms. The molecule has 0 aliphatic carbocycles. The normalized spacial score (nSPS) is 29.4. The Hall–Kier alpha value is -0.0800. The zero-order valence-corrected chi connectivity index (χ0v) is 10.7. The van der Waals surface area contributed by atoms with Crippen LogP contribution in [0.3, 0.4) is 0 Å². The van der Waals surface area contributed by atoms with Crippen LogP contribution in [0.15, 0.2) is 0 Å². The number of rotatable bonds is 0. The van der Waals surface area contributed by atoms with Gasteiger partial charge in [-0.3, -0.25) is 4.90 Å². The number of β-amino-alcohol motifs (C(OH)–C–C–N with tert-alkyl or cyclic N) is 1. The molecular formula is C12H27NO. The molecule has 86 valence electrons. The first-order valence-corrected chi connectivity index (χ1v) is 5.84. The van der Waals surface area contributed by atoms with Gasteiger partial charge in [-0.1, -0.05) is 20.8 Å². The Morgan fingerprint density at radius 3 is 2.07 bits per heavy atom. The van der Waals surface area contributed by atoms with Crippen molar-refractivity contribution in [1.82, 2.24) is 4.90 Å². The van der Waals surface area contributed by atoms with Gasteiger partial charge in [0.25, 0.3) is 0 Å². The SMILES string of the molecule is CC.C[C@@H]1CCN(C(C)(C)C)C[C@H]1O. The molecule has 2 heteroatoms. The topological polar surface area (TPSA) is 23.5 Å². The smallest absolute Gasteiger partial charge is 0.0693 e. The first-order valence-electron chi connectivity index (χ1n) is 5.84. The summed E-state index contributed by atoms with van der Waals surface area (Å²) >= 11 is 0. The molecule has 2 nitrogen and oxygen atoms in total. The second-order valence-corrected chi connectivity index (χ2v) is 4.95. The fourth-order valence-corrected chi connectivity index (χ4v) is 1.66. The van der Waals surface area contributed by atoms with Crippen LogP contribution in [0, 0.1) is 5.92 Å². The summed E-state index contributed by atoms with van der Waals surface area (Å²) < 4.78 is 0. The van der Waals surface area contributed by atoms with Gasteiger partial charge in [-0.05, 0) is 39.7 Å². The second-order valence-electron chi connectivity index (χ2n) is 4.95. The van der Waals surface area contributed by atoms with Gasteiger partial charge < -0.3 is 5.11 Å². The van der Waals surface area contributed by atoms with Gasteiger partial charge in [0, 0.05) is 12.1 Å². The molecule has 2 atom stereocenters. The highest BCUT2D eigenvalue weighted by atomic mass is 16.3. The van der Waals surface area contributed by atoms with E-state index >= 15 is 0 Å². The van der Waals surface area contributed by atoms with Crippen molar-refractivity contribution < 1.29 is 5.11 Å².